The standard InChI is InChI=1S/C23H15N7O2/c31-21-16-4-1-2-5-19(16)30-20(28-21)17(12-25-30)22(32)26-15-8-6-14(7-9-15)18-13-29-11-3-10-24-23(29)27-18/h1-13H,(H,26,32)(H,28,31). The second-order valence-electron chi connectivity index (χ2n) is 7.27. The molecule has 0 aliphatic heterocycles. The highest BCUT2D eigenvalue weighted by Gasteiger charge is 2.16. The maximum Gasteiger partial charge on any atom is 0.261 e. The van der Waals surface area contributed by atoms with Gasteiger partial charge in [-0.2, -0.15) is 5.10 Å². The van der Waals surface area contributed by atoms with E-state index >= 15 is 0 Å². The van der Waals surface area contributed by atoms with Gasteiger partial charge in [-0.3, -0.25) is 14.0 Å². The van der Waals surface area contributed by atoms with Crippen molar-refractivity contribution in [2.75, 3.05) is 5.32 Å². The quantitative estimate of drug-likeness (QED) is 0.456. The van der Waals surface area contributed by atoms with Gasteiger partial charge in [0.15, 0.2) is 0 Å². The van der Waals surface area contributed by atoms with Crippen molar-refractivity contribution in [3.05, 3.63) is 95.3 Å². The number of anilines is 1. The summed E-state index contributed by atoms with van der Waals surface area (Å²) in [5.41, 5.74) is 3.30. The van der Waals surface area contributed by atoms with Gasteiger partial charge < -0.3 is 10.3 Å². The van der Waals surface area contributed by atoms with Crippen LogP contribution in [-0.2, 0) is 0 Å². The van der Waals surface area contributed by atoms with E-state index in [1.54, 1.807) is 41.0 Å². The molecular formula is C23H15N7O2. The normalized spacial score (nSPS) is 11.4. The summed E-state index contributed by atoms with van der Waals surface area (Å²) < 4.78 is 3.41. The van der Waals surface area contributed by atoms with E-state index in [1.807, 2.05) is 41.1 Å². The number of rotatable bonds is 3. The number of imidazole rings is 1. The zero-order valence-corrected chi connectivity index (χ0v) is 16.6. The molecule has 0 saturated heterocycles. The molecule has 0 unspecified atom stereocenters. The van der Waals surface area contributed by atoms with Crippen molar-refractivity contribution in [2.45, 2.75) is 0 Å². The lowest BCUT2D eigenvalue weighted by atomic mass is 10.1. The molecule has 1 amide bonds. The van der Waals surface area contributed by atoms with Gasteiger partial charge in [-0.05, 0) is 30.3 Å². The summed E-state index contributed by atoms with van der Waals surface area (Å²) in [5.74, 6) is 0.255. The van der Waals surface area contributed by atoms with Crippen LogP contribution in [0.25, 0.3) is 33.6 Å². The van der Waals surface area contributed by atoms with Crippen LogP contribution in [0, 0.1) is 0 Å². The predicted molar refractivity (Wildman–Crippen MR) is 120 cm³/mol. The molecule has 0 atom stereocenters. The largest absolute Gasteiger partial charge is 0.322 e. The number of fused-ring (bicyclic) bond motifs is 4. The average molecular weight is 421 g/mol. The number of amides is 1. The number of H-pyrrole nitrogens is 1. The van der Waals surface area contributed by atoms with Crippen molar-refractivity contribution in [3.63, 3.8) is 0 Å². The third-order valence-corrected chi connectivity index (χ3v) is 5.30. The van der Waals surface area contributed by atoms with E-state index in [0.29, 0.717) is 28.0 Å². The topological polar surface area (TPSA) is 109 Å². The van der Waals surface area contributed by atoms with Gasteiger partial charge in [0.2, 0.25) is 5.78 Å². The molecule has 0 radical (unpaired) electrons. The highest BCUT2D eigenvalue weighted by molar-refractivity contribution is 6.08. The number of aromatic amines is 1. The first kappa shape index (κ1) is 18.0. The third-order valence-electron chi connectivity index (χ3n) is 5.30. The lowest BCUT2D eigenvalue weighted by molar-refractivity contribution is 0.102. The first-order valence-corrected chi connectivity index (χ1v) is 9.88. The zero-order valence-electron chi connectivity index (χ0n) is 16.6. The molecule has 6 rings (SSSR count). The lowest BCUT2D eigenvalue weighted by Crippen LogP contribution is -2.15. The molecule has 6 aromatic rings. The molecule has 0 aliphatic carbocycles. The number of aromatic nitrogens is 6. The first-order chi connectivity index (χ1) is 15.7. The monoisotopic (exact) mass is 421 g/mol. The Balaban J connectivity index is 1.30. The molecule has 0 aliphatic rings. The third kappa shape index (κ3) is 2.83. The van der Waals surface area contributed by atoms with Crippen molar-refractivity contribution in [1.82, 2.24) is 29.0 Å². The zero-order chi connectivity index (χ0) is 21.7. The van der Waals surface area contributed by atoms with Gasteiger partial charge in [0, 0.05) is 29.8 Å². The number of nitrogens with one attached hydrogen (secondary N) is 2. The van der Waals surface area contributed by atoms with E-state index in [-0.39, 0.29) is 17.0 Å². The molecule has 32 heavy (non-hydrogen) atoms. The highest BCUT2D eigenvalue weighted by atomic mass is 16.2. The van der Waals surface area contributed by atoms with Crippen molar-refractivity contribution in [2.24, 2.45) is 0 Å². The minimum Gasteiger partial charge on any atom is -0.322 e. The van der Waals surface area contributed by atoms with E-state index in [9.17, 15) is 9.59 Å². The molecule has 2 N–H and O–H groups in total. The Kier molecular flexibility index (Phi) is 3.87. The smallest absolute Gasteiger partial charge is 0.261 e. The fraction of sp³-hybridized carbons (Fsp3) is 0. The Morgan fingerprint density at radius 3 is 2.72 bits per heavy atom. The summed E-state index contributed by atoms with van der Waals surface area (Å²) in [6, 6.07) is 16.3. The van der Waals surface area contributed by atoms with E-state index < -0.39 is 0 Å². The van der Waals surface area contributed by atoms with Gasteiger partial charge >= 0.3 is 0 Å². The fourth-order valence-corrected chi connectivity index (χ4v) is 3.73. The van der Waals surface area contributed by atoms with Gasteiger partial charge in [-0.15, -0.1) is 0 Å². The first-order valence-electron chi connectivity index (χ1n) is 9.88. The summed E-state index contributed by atoms with van der Waals surface area (Å²) in [5, 5.41) is 7.66. The van der Waals surface area contributed by atoms with Gasteiger partial charge in [0.25, 0.3) is 11.5 Å². The van der Waals surface area contributed by atoms with Crippen LogP contribution in [0.3, 0.4) is 0 Å². The van der Waals surface area contributed by atoms with Gasteiger partial charge in [-0.25, -0.2) is 14.5 Å². The number of nitrogens with zero attached hydrogens (tertiary/aromatic N) is 5. The van der Waals surface area contributed by atoms with Gasteiger partial charge in [-0.1, -0.05) is 24.3 Å². The minimum absolute atomic E-state index is 0.269. The summed E-state index contributed by atoms with van der Waals surface area (Å²) in [7, 11) is 0. The van der Waals surface area contributed by atoms with Crippen LogP contribution in [0.1, 0.15) is 10.4 Å². The Hall–Kier alpha value is -4.79. The molecule has 4 aromatic heterocycles. The number of benzene rings is 2. The summed E-state index contributed by atoms with van der Waals surface area (Å²) >= 11 is 0. The van der Waals surface area contributed by atoms with Crippen molar-refractivity contribution in [1.29, 1.82) is 0 Å². The van der Waals surface area contributed by atoms with Crippen molar-refractivity contribution < 1.29 is 4.79 Å². The number of para-hydroxylation sites is 1. The Morgan fingerprint density at radius 1 is 1.03 bits per heavy atom. The Labute approximate surface area is 180 Å². The Bertz CT molecular complexity index is 1660. The molecule has 0 saturated carbocycles. The van der Waals surface area contributed by atoms with Crippen LogP contribution >= 0.6 is 0 Å². The van der Waals surface area contributed by atoms with Crippen LogP contribution in [0.4, 0.5) is 5.69 Å². The lowest BCUT2D eigenvalue weighted by Gasteiger charge is -2.06. The molecule has 0 fully saturated rings. The maximum atomic E-state index is 12.9. The fourth-order valence-electron chi connectivity index (χ4n) is 3.73. The molecule has 9 heteroatoms. The second kappa shape index (κ2) is 6.88. The number of carbonyl (C=O) groups excluding carboxylic acids is 1. The van der Waals surface area contributed by atoms with Gasteiger partial charge in [0.1, 0.15) is 11.2 Å². The van der Waals surface area contributed by atoms with E-state index in [4.69, 9.17) is 0 Å². The van der Waals surface area contributed by atoms with Crippen molar-refractivity contribution >= 4 is 33.9 Å². The summed E-state index contributed by atoms with van der Waals surface area (Å²) in [4.78, 5) is 36.8. The minimum atomic E-state index is -0.365. The van der Waals surface area contributed by atoms with Crippen LogP contribution in [0.15, 0.2) is 84.2 Å². The second-order valence-corrected chi connectivity index (χ2v) is 7.27. The average Bonchev–Trinajstić information content (AvgIpc) is 3.44. The van der Waals surface area contributed by atoms with E-state index in [2.05, 4.69) is 25.4 Å². The van der Waals surface area contributed by atoms with Crippen molar-refractivity contribution in [3.8, 4) is 11.3 Å². The number of hydrogen-bond acceptors (Lipinski definition) is 5. The molecule has 0 bridgehead atoms. The molecule has 0 spiro atoms. The molecule has 4 heterocycles. The predicted octanol–water partition coefficient (Wildman–Crippen LogP) is 3.14. The molecule has 2 aromatic carbocycles. The van der Waals surface area contributed by atoms with E-state index in [0.717, 1.165) is 11.3 Å². The number of carbonyl (C=O) groups is 1. The summed E-state index contributed by atoms with van der Waals surface area (Å²) in [6.07, 6.45) is 6.93. The van der Waals surface area contributed by atoms with Crippen LogP contribution in [0.2, 0.25) is 0 Å². The van der Waals surface area contributed by atoms with Gasteiger partial charge in [0.05, 0.1) is 22.8 Å². The highest BCUT2D eigenvalue weighted by Crippen LogP contribution is 2.22. The number of hydrogen-bond donors (Lipinski definition) is 2. The van der Waals surface area contributed by atoms with E-state index in [1.165, 1.54) is 6.20 Å². The SMILES string of the molecule is O=C(Nc1ccc(-c2cn3cccnc3n2)cc1)c1cnn2c1[nH]c(=O)c1ccccc12. The molecule has 154 valence electrons. The molecule has 9 nitrogen and oxygen atoms in total. The Morgan fingerprint density at radius 2 is 1.88 bits per heavy atom. The van der Waals surface area contributed by atoms with Crippen LogP contribution < -0.4 is 10.9 Å². The maximum absolute atomic E-state index is 12.9. The molecular weight excluding hydrogens is 406 g/mol. The van der Waals surface area contributed by atoms with Crippen LogP contribution in [0.5, 0.6) is 0 Å². The van der Waals surface area contributed by atoms with Crippen LogP contribution in [-0.4, -0.2) is 34.9 Å². The summed E-state index contributed by atoms with van der Waals surface area (Å²) in [6.45, 7) is 0.